The van der Waals surface area contributed by atoms with E-state index in [4.69, 9.17) is 0 Å². The number of hydrogen-bond acceptors (Lipinski definition) is 2. The molecule has 0 fully saturated rings. The lowest BCUT2D eigenvalue weighted by Gasteiger charge is -2.20. The molecule has 0 amide bonds. The van der Waals surface area contributed by atoms with E-state index < -0.39 is 0 Å². The molecule has 0 aromatic heterocycles. The summed E-state index contributed by atoms with van der Waals surface area (Å²) < 4.78 is 0. The van der Waals surface area contributed by atoms with Crippen LogP contribution in [0.5, 0.6) is 11.5 Å². The monoisotopic (exact) mass is 402 g/mol. The van der Waals surface area contributed by atoms with Crippen molar-refractivity contribution in [2.24, 2.45) is 0 Å². The van der Waals surface area contributed by atoms with Crippen LogP contribution in [0.2, 0.25) is 0 Å². The lowest BCUT2D eigenvalue weighted by molar-refractivity contribution is 0.467. The molecule has 158 valence electrons. The molecule has 0 atom stereocenters. The van der Waals surface area contributed by atoms with Crippen LogP contribution in [0.3, 0.4) is 0 Å². The number of rotatable bonds is 4. The molecule has 0 aliphatic rings. The van der Waals surface area contributed by atoms with E-state index in [0.717, 1.165) is 22.3 Å². The second-order valence-electron chi connectivity index (χ2n) is 10.4. The molecule has 0 spiro atoms. The highest BCUT2D eigenvalue weighted by atomic mass is 16.3. The summed E-state index contributed by atoms with van der Waals surface area (Å²) in [4.78, 5) is 0. The third kappa shape index (κ3) is 5.24. The largest absolute Gasteiger partial charge is 0.508 e. The summed E-state index contributed by atoms with van der Waals surface area (Å²) in [7, 11) is 0. The molecule has 0 heterocycles. The molecule has 0 saturated heterocycles. The van der Waals surface area contributed by atoms with Crippen molar-refractivity contribution in [1.82, 2.24) is 0 Å². The molecule has 2 heteroatoms. The van der Waals surface area contributed by atoms with Gasteiger partial charge in [0, 0.05) is 12.8 Å². The van der Waals surface area contributed by atoms with E-state index in [2.05, 4.69) is 77.9 Å². The van der Waals surface area contributed by atoms with Gasteiger partial charge in [0.05, 0.1) is 0 Å². The number of phenols is 2. The van der Waals surface area contributed by atoms with Crippen molar-refractivity contribution in [3.63, 3.8) is 0 Å². The molecule has 3 aromatic carbocycles. The van der Waals surface area contributed by atoms with Crippen LogP contribution >= 0.6 is 0 Å². The highest BCUT2D eigenvalue weighted by molar-refractivity contribution is 5.44. The van der Waals surface area contributed by atoms with Gasteiger partial charge >= 0.3 is 0 Å². The number of phenolic OH excluding ortho intramolecular Hbond substituents is 2. The molecule has 0 aliphatic heterocycles. The van der Waals surface area contributed by atoms with Gasteiger partial charge in [0.15, 0.2) is 0 Å². The van der Waals surface area contributed by atoms with Gasteiger partial charge < -0.3 is 10.2 Å². The molecule has 0 aliphatic carbocycles. The minimum Gasteiger partial charge on any atom is -0.508 e. The summed E-state index contributed by atoms with van der Waals surface area (Å²) in [6.07, 6.45) is 1.39. The zero-order valence-corrected chi connectivity index (χ0v) is 19.1. The first-order valence-corrected chi connectivity index (χ1v) is 10.7. The fraction of sp³-hybridized carbons (Fsp3) is 0.357. The Kier molecular flexibility index (Phi) is 5.99. The summed E-state index contributed by atoms with van der Waals surface area (Å²) in [5.74, 6) is 0.687. The Bertz CT molecular complexity index is 931. The van der Waals surface area contributed by atoms with Gasteiger partial charge in [0.25, 0.3) is 0 Å². The summed E-state index contributed by atoms with van der Waals surface area (Å²) >= 11 is 0. The van der Waals surface area contributed by atoms with Crippen molar-refractivity contribution in [1.29, 1.82) is 0 Å². The van der Waals surface area contributed by atoms with Gasteiger partial charge in [-0.05, 0) is 56.3 Å². The van der Waals surface area contributed by atoms with E-state index in [1.54, 1.807) is 12.1 Å². The zero-order chi connectivity index (χ0) is 22.1. The van der Waals surface area contributed by atoms with Crippen LogP contribution in [-0.2, 0) is 23.7 Å². The highest BCUT2D eigenvalue weighted by Crippen LogP contribution is 2.30. The normalized spacial score (nSPS) is 12.2. The Labute approximate surface area is 181 Å². The van der Waals surface area contributed by atoms with Gasteiger partial charge in [0.2, 0.25) is 0 Å². The molecule has 2 nitrogen and oxygen atoms in total. The maximum Gasteiger partial charge on any atom is 0.119 e. The fourth-order valence-electron chi connectivity index (χ4n) is 3.60. The van der Waals surface area contributed by atoms with Gasteiger partial charge in [-0.15, -0.1) is 0 Å². The Hall–Kier alpha value is -2.74. The van der Waals surface area contributed by atoms with Gasteiger partial charge in [-0.3, -0.25) is 0 Å². The molecular formula is C28H34O2. The highest BCUT2D eigenvalue weighted by Gasteiger charge is 2.17. The van der Waals surface area contributed by atoms with E-state index >= 15 is 0 Å². The Morgan fingerprint density at radius 3 is 1.17 bits per heavy atom. The SMILES string of the molecule is CC(C)(C)c1ccc(O)c(Cc2ccc(Cc3cc(C(C)(C)C)ccc3O)cc2)c1. The molecular weight excluding hydrogens is 368 g/mol. The van der Waals surface area contributed by atoms with Crippen molar-refractivity contribution >= 4 is 0 Å². The van der Waals surface area contributed by atoms with Crippen LogP contribution in [0.15, 0.2) is 60.7 Å². The molecule has 3 rings (SSSR count). The second-order valence-corrected chi connectivity index (χ2v) is 10.4. The predicted molar refractivity (Wildman–Crippen MR) is 126 cm³/mol. The van der Waals surface area contributed by atoms with E-state index in [0.29, 0.717) is 24.3 Å². The molecule has 0 radical (unpaired) electrons. The topological polar surface area (TPSA) is 40.5 Å². The van der Waals surface area contributed by atoms with E-state index in [-0.39, 0.29) is 10.8 Å². The molecule has 0 saturated carbocycles. The lowest BCUT2D eigenvalue weighted by atomic mass is 9.85. The molecule has 30 heavy (non-hydrogen) atoms. The van der Waals surface area contributed by atoms with Crippen LogP contribution in [0.25, 0.3) is 0 Å². The van der Waals surface area contributed by atoms with E-state index in [9.17, 15) is 10.2 Å². The van der Waals surface area contributed by atoms with Crippen molar-refractivity contribution < 1.29 is 10.2 Å². The van der Waals surface area contributed by atoms with Crippen LogP contribution < -0.4 is 0 Å². The average molecular weight is 403 g/mol. The van der Waals surface area contributed by atoms with Crippen molar-refractivity contribution in [3.05, 3.63) is 94.0 Å². The Morgan fingerprint density at radius 2 is 0.867 bits per heavy atom. The van der Waals surface area contributed by atoms with Gasteiger partial charge in [-0.1, -0.05) is 90.1 Å². The maximum atomic E-state index is 10.3. The van der Waals surface area contributed by atoms with E-state index in [1.165, 1.54) is 11.1 Å². The van der Waals surface area contributed by atoms with Crippen molar-refractivity contribution in [2.75, 3.05) is 0 Å². The lowest BCUT2D eigenvalue weighted by Crippen LogP contribution is -2.11. The first-order chi connectivity index (χ1) is 13.9. The summed E-state index contributed by atoms with van der Waals surface area (Å²) in [5, 5.41) is 20.6. The molecule has 2 N–H and O–H groups in total. The van der Waals surface area contributed by atoms with Crippen molar-refractivity contribution in [2.45, 2.75) is 65.2 Å². The third-order valence-corrected chi connectivity index (χ3v) is 5.70. The Morgan fingerprint density at radius 1 is 0.533 bits per heavy atom. The summed E-state index contributed by atoms with van der Waals surface area (Å²) in [6, 6.07) is 20.3. The minimum absolute atomic E-state index is 0.0515. The zero-order valence-electron chi connectivity index (χ0n) is 19.1. The van der Waals surface area contributed by atoms with E-state index in [1.807, 2.05) is 12.1 Å². The summed E-state index contributed by atoms with van der Waals surface area (Å²) in [5.41, 5.74) is 6.77. The fourth-order valence-corrected chi connectivity index (χ4v) is 3.60. The first kappa shape index (κ1) is 22.0. The molecule has 3 aromatic rings. The Balaban J connectivity index is 1.78. The van der Waals surface area contributed by atoms with Crippen LogP contribution in [-0.4, -0.2) is 10.2 Å². The number of hydrogen-bond donors (Lipinski definition) is 2. The van der Waals surface area contributed by atoms with Gasteiger partial charge in [0.1, 0.15) is 11.5 Å². The smallest absolute Gasteiger partial charge is 0.119 e. The first-order valence-electron chi connectivity index (χ1n) is 10.7. The third-order valence-electron chi connectivity index (χ3n) is 5.70. The van der Waals surface area contributed by atoms with Gasteiger partial charge in [-0.2, -0.15) is 0 Å². The van der Waals surface area contributed by atoms with Crippen LogP contribution in [0.4, 0.5) is 0 Å². The minimum atomic E-state index is 0.0515. The standard InChI is InChI=1S/C28H34O2/c1-27(2,3)23-11-13-25(29)21(17-23)15-19-7-9-20(10-8-19)16-22-18-24(28(4,5)6)12-14-26(22)30/h7-14,17-18,29-30H,15-16H2,1-6H3. The van der Waals surface area contributed by atoms with Crippen molar-refractivity contribution in [3.8, 4) is 11.5 Å². The second kappa shape index (κ2) is 8.18. The number of aromatic hydroxyl groups is 2. The average Bonchev–Trinajstić information content (AvgIpc) is 2.65. The number of benzene rings is 3. The van der Waals surface area contributed by atoms with Gasteiger partial charge in [-0.25, -0.2) is 0 Å². The van der Waals surface area contributed by atoms with Crippen LogP contribution in [0.1, 0.15) is 74.9 Å². The molecule has 0 unspecified atom stereocenters. The quantitative estimate of drug-likeness (QED) is 0.500. The maximum absolute atomic E-state index is 10.3. The predicted octanol–water partition coefficient (Wildman–Crippen LogP) is 6.87. The van der Waals surface area contributed by atoms with Crippen LogP contribution in [0, 0.1) is 0 Å². The molecule has 0 bridgehead atoms. The summed E-state index contributed by atoms with van der Waals surface area (Å²) in [6.45, 7) is 13.1.